The Kier molecular flexibility index (Phi) is 4.94. The van der Waals surface area contributed by atoms with Crippen molar-refractivity contribution < 1.29 is 14.3 Å². The van der Waals surface area contributed by atoms with Gasteiger partial charge in [-0.05, 0) is 54.3 Å². The number of thiophene rings is 1. The molecule has 0 N–H and O–H groups in total. The van der Waals surface area contributed by atoms with E-state index >= 15 is 0 Å². The minimum absolute atomic E-state index is 0.282. The van der Waals surface area contributed by atoms with Crippen LogP contribution in [0.3, 0.4) is 0 Å². The molecular weight excluding hydrogens is 418 g/mol. The molecule has 0 saturated heterocycles. The van der Waals surface area contributed by atoms with Crippen LogP contribution in [0.2, 0.25) is 0 Å². The van der Waals surface area contributed by atoms with E-state index in [4.69, 9.17) is 9.47 Å². The van der Waals surface area contributed by atoms with Crippen molar-refractivity contribution in [1.29, 1.82) is 0 Å². The SMILES string of the molecule is Cc1ccc2nc(N(/N=C/c3cccs3)C(=O)c3ccc4c(c3)OCCO4)sc2c1. The van der Waals surface area contributed by atoms with Crippen LogP contribution in [0.4, 0.5) is 5.13 Å². The van der Waals surface area contributed by atoms with Crippen LogP contribution in [0.5, 0.6) is 11.5 Å². The van der Waals surface area contributed by atoms with E-state index in [9.17, 15) is 4.79 Å². The first-order chi connectivity index (χ1) is 14.7. The number of hydrogen-bond donors (Lipinski definition) is 0. The van der Waals surface area contributed by atoms with Gasteiger partial charge in [0.2, 0.25) is 5.13 Å². The summed E-state index contributed by atoms with van der Waals surface area (Å²) in [6, 6.07) is 15.1. The van der Waals surface area contributed by atoms with Crippen molar-refractivity contribution in [2.24, 2.45) is 5.10 Å². The molecule has 5 rings (SSSR count). The van der Waals surface area contributed by atoms with Crippen LogP contribution in [0.15, 0.2) is 59.0 Å². The van der Waals surface area contributed by atoms with Gasteiger partial charge in [0.1, 0.15) is 13.2 Å². The predicted octanol–water partition coefficient (Wildman–Crippen LogP) is 5.12. The summed E-state index contributed by atoms with van der Waals surface area (Å²) >= 11 is 2.99. The Morgan fingerprint density at radius 2 is 2.00 bits per heavy atom. The van der Waals surface area contributed by atoms with Crippen molar-refractivity contribution >= 4 is 50.1 Å². The number of carbonyl (C=O) groups excluding carboxylic acids is 1. The van der Waals surface area contributed by atoms with Crippen LogP contribution in [0.1, 0.15) is 20.8 Å². The van der Waals surface area contributed by atoms with Crippen molar-refractivity contribution in [3.63, 3.8) is 0 Å². The Hall–Kier alpha value is -3.23. The first-order valence-electron chi connectivity index (χ1n) is 9.36. The number of benzene rings is 2. The van der Waals surface area contributed by atoms with Crippen molar-refractivity contribution in [1.82, 2.24) is 4.98 Å². The molecule has 150 valence electrons. The molecule has 6 nitrogen and oxygen atoms in total. The highest BCUT2D eigenvalue weighted by molar-refractivity contribution is 7.22. The van der Waals surface area contributed by atoms with Crippen LogP contribution < -0.4 is 14.5 Å². The fraction of sp³-hybridized carbons (Fsp3) is 0.136. The summed E-state index contributed by atoms with van der Waals surface area (Å²) in [6.45, 7) is 3.00. The molecule has 8 heteroatoms. The monoisotopic (exact) mass is 435 g/mol. The van der Waals surface area contributed by atoms with Crippen molar-refractivity contribution in [3.05, 3.63) is 69.9 Å². The molecule has 0 aliphatic carbocycles. The molecule has 1 aliphatic rings. The van der Waals surface area contributed by atoms with Gasteiger partial charge in [-0.2, -0.15) is 10.1 Å². The van der Waals surface area contributed by atoms with Crippen molar-refractivity contribution in [2.75, 3.05) is 18.2 Å². The number of hydrogen-bond acceptors (Lipinski definition) is 7. The van der Waals surface area contributed by atoms with Gasteiger partial charge >= 0.3 is 0 Å². The third kappa shape index (κ3) is 3.67. The second-order valence-electron chi connectivity index (χ2n) is 6.70. The van der Waals surface area contributed by atoms with Gasteiger partial charge in [0.05, 0.1) is 16.4 Å². The summed E-state index contributed by atoms with van der Waals surface area (Å²) in [4.78, 5) is 19.0. The lowest BCUT2D eigenvalue weighted by Gasteiger charge is -2.19. The number of ether oxygens (including phenoxy) is 2. The number of fused-ring (bicyclic) bond motifs is 2. The molecule has 0 bridgehead atoms. The van der Waals surface area contributed by atoms with Crippen LogP contribution in [-0.2, 0) is 0 Å². The van der Waals surface area contributed by atoms with Gasteiger partial charge in [0, 0.05) is 10.4 Å². The molecule has 30 heavy (non-hydrogen) atoms. The highest BCUT2D eigenvalue weighted by Crippen LogP contribution is 2.34. The van der Waals surface area contributed by atoms with Crippen LogP contribution in [0, 0.1) is 6.92 Å². The first kappa shape index (κ1) is 18.8. The third-order valence-corrected chi connectivity index (χ3v) is 6.34. The van der Waals surface area contributed by atoms with E-state index in [1.807, 2.05) is 36.6 Å². The highest BCUT2D eigenvalue weighted by Gasteiger charge is 2.23. The normalized spacial score (nSPS) is 13.1. The predicted molar refractivity (Wildman–Crippen MR) is 121 cm³/mol. The number of anilines is 1. The molecule has 1 aliphatic heterocycles. The lowest BCUT2D eigenvalue weighted by molar-refractivity contribution is 0.0986. The van der Waals surface area contributed by atoms with E-state index in [1.165, 1.54) is 16.3 Å². The van der Waals surface area contributed by atoms with Crippen LogP contribution >= 0.6 is 22.7 Å². The van der Waals surface area contributed by atoms with Gasteiger partial charge in [0.15, 0.2) is 11.5 Å². The maximum absolute atomic E-state index is 13.4. The topological polar surface area (TPSA) is 64.0 Å². The third-order valence-electron chi connectivity index (χ3n) is 4.54. The summed E-state index contributed by atoms with van der Waals surface area (Å²) in [5.41, 5.74) is 2.44. The number of nitrogens with zero attached hydrogens (tertiary/aromatic N) is 3. The molecule has 2 aromatic carbocycles. The molecule has 3 heterocycles. The Bertz CT molecular complexity index is 1250. The fourth-order valence-electron chi connectivity index (χ4n) is 3.08. The van der Waals surface area contributed by atoms with Gasteiger partial charge < -0.3 is 9.47 Å². The number of aromatic nitrogens is 1. The van der Waals surface area contributed by atoms with Crippen LogP contribution in [0.25, 0.3) is 10.2 Å². The van der Waals surface area contributed by atoms with E-state index in [0.717, 1.165) is 20.7 Å². The van der Waals surface area contributed by atoms with Crippen molar-refractivity contribution in [3.8, 4) is 11.5 Å². The summed E-state index contributed by atoms with van der Waals surface area (Å²) in [7, 11) is 0. The minimum Gasteiger partial charge on any atom is -0.486 e. The number of carbonyl (C=O) groups is 1. The molecule has 0 saturated carbocycles. The molecule has 2 aromatic heterocycles. The van der Waals surface area contributed by atoms with Gasteiger partial charge in [-0.1, -0.05) is 23.5 Å². The van der Waals surface area contributed by atoms with Crippen molar-refractivity contribution in [2.45, 2.75) is 6.92 Å². The number of hydrazone groups is 1. The second kappa shape index (κ2) is 7.89. The Labute approximate surface area is 181 Å². The maximum Gasteiger partial charge on any atom is 0.280 e. The second-order valence-corrected chi connectivity index (χ2v) is 8.69. The number of amides is 1. The Morgan fingerprint density at radius 3 is 2.83 bits per heavy atom. The summed E-state index contributed by atoms with van der Waals surface area (Å²) in [5.74, 6) is 0.923. The molecule has 0 radical (unpaired) electrons. The minimum atomic E-state index is -0.282. The van der Waals surface area contributed by atoms with E-state index in [2.05, 4.69) is 16.2 Å². The van der Waals surface area contributed by atoms with E-state index in [0.29, 0.717) is 35.4 Å². The standard InChI is InChI=1S/C22H17N3O3S2/c1-14-4-6-17-20(11-14)30-22(24-17)25(23-13-16-3-2-10-29-16)21(26)15-5-7-18-19(12-15)28-9-8-27-18/h2-7,10-13H,8-9H2,1H3/b23-13+. The molecule has 1 amide bonds. The van der Waals surface area contributed by atoms with E-state index in [1.54, 1.807) is 35.8 Å². The number of thiazole rings is 1. The summed E-state index contributed by atoms with van der Waals surface area (Å²) in [6.07, 6.45) is 1.68. The zero-order valence-electron chi connectivity index (χ0n) is 16.1. The quantitative estimate of drug-likeness (QED) is 0.330. The van der Waals surface area contributed by atoms with E-state index in [-0.39, 0.29) is 5.91 Å². The van der Waals surface area contributed by atoms with Gasteiger partial charge in [-0.3, -0.25) is 4.79 Å². The smallest absolute Gasteiger partial charge is 0.280 e. The Morgan fingerprint density at radius 1 is 1.13 bits per heavy atom. The zero-order valence-corrected chi connectivity index (χ0v) is 17.7. The highest BCUT2D eigenvalue weighted by atomic mass is 32.1. The molecule has 4 aromatic rings. The van der Waals surface area contributed by atoms with Gasteiger partial charge in [-0.25, -0.2) is 4.98 Å². The molecular formula is C22H17N3O3S2. The Balaban J connectivity index is 1.55. The lowest BCUT2D eigenvalue weighted by Crippen LogP contribution is -2.26. The maximum atomic E-state index is 13.4. The largest absolute Gasteiger partial charge is 0.486 e. The average Bonchev–Trinajstić information content (AvgIpc) is 3.43. The molecule has 0 spiro atoms. The molecule has 0 unspecified atom stereocenters. The fourth-order valence-corrected chi connectivity index (χ4v) is 4.68. The number of rotatable bonds is 4. The van der Waals surface area contributed by atoms with Crippen LogP contribution in [-0.4, -0.2) is 30.3 Å². The summed E-state index contributed by atoms with van der Waals surface area (Å²) < 4.78 is 12.2. The summed E-state index contributed by atoms with van der Waals surface area (Å²) in [5, 5.41) is 8.32. The zero-order chi connectivity index (χ0) is 20.5. The van der Waals surface area contributed by atoms with Gasteiger partial charge in [0.25, 0.3) is 5.91 Å². The molecule has 0 atom stereocenters. The first-order valence-corrected chi connectivity index (χ1v) is 11.1. The van der Waals surface area contributed by atoms with Gasteiger partial charge in [-0.15, -0.1) is 11.3 Å². The average molecular weight is 436 g/mol. The molecule has 0 fully saturated rings. The lowest BCUT2D eigenvalue weighted by atomic mass is 10.2. The number of aryl methyl sites for hydroxylation is 1. The van der Waals surface area contributed by atoms with E-state index < -0.39 is 0 Å².